The fourth-order valence-corrected chi connectivity index (χ4v) is 2.71. The Labute approximate surface area is 129 Å². The molecule has 1 amide bonds. The number of H-pyrrole nitrogens is 1. The van der Waals surface area contributed by atoms with Crippen LogP contribution < -0.4 is 10.1 Å². The molecule has 1 heterocycles. The number of aryl methyl sites for hydroxylation is 1. The summed E-state index contributed by atoms with van der Waals surface area (Å²) in [6, 6.07) is 13.5. The summed E-state index contributed by atoms with van der Waals surface area (Å²) < 4.78 is 5.25. The van der Waals surface area contributed by atoms with Gasteiger partial charge in [0.15, 0.2) is 0 Å². The molecule has 2 aromatic carbocycles. The second-order valence-corrected chi connectivity index (χ2v) is 5.24. The number of benzene rings is 2. The standard InChI is InChI=1S/C18H18N2O2/c1-12-6-5-8-15-18(12)13(11-19-15)10-17(21)20-14-7-3-4-9-16(14)22-2/h3-9,11,19H,10H2,1-2H3,(H,20,21). The Hall–Kier alpha value is -2.75. The van der Waals surface area contributed by atoms with Gasteiger partial charge in [0.1, 0.15) is 5.75 Å². The van der Waals surface area contributed by atoms with Gasteiger partial charge in [0.05, 0.1) is 19.2 Å². The van der Waals surface area contributed by atoms with Crippen molar-refractivity contribution in [1.29, 1.82) is 0 Å². The van der Waals surface area contributed by atoms with Crippen LogP contribution in [0.2, 0.25) is 0 Å². The molecule has 0 aliphatic carbocycles. The number of carbonyl (C=O) groups is 1. The van der Waals surface area contributed by atoms with Crippen molar-refractivity contribution in [2.75, 3.05) is 12.4 Å². The van der Waals surface area contributed by atoms with Crippen LogP contribution in [0.3, 0.4) is 0 Å². The molecule has 0 aliphatic rings. The number of nitrogens with one attached hydrogen (secondary N) is 2. The molecule has 3 rings (SSSR count). The highest BCUT2D eigenvalue weighted by Crippen LogP contribution is 2.25. The molecule has 0 aliphatic heterocycles. The topological polar surface area (TPSA) is 54.1 Å². The van der Waals surface area contributed by atoms with Crippen LogP contribution in [0, 0.1) is 6.92 Å². The van der Waals surface area contributed by atoms with E-state index in [1.54, 1.807) is 7.11 Å². The summed E-state index contributed by atoms with van der Waals surface area (Å²) >= 11 is 0. The molecule has 0 atom stereocenters. The van der Waals surface area contributed by atoms with Gasteiger partial charge in [0, 0.05) is 17.1 Å². The fourth-order valence-electron chi connectivity index (χ4n) is 2.71. The monoisotopic (exact) mass is 294 g/mol. The zero-order valence-corrected chi connectivity index (χ0v) is 12.6. The molecule has 0 unspecified atom stereocenters. The van der Waals surface area contributed by atoms with E-state index in [-0.39, 0.29) is 5.91 Å². The van der Waals surface area contributed by atoms with Crippen LogP contribution in [0.1, 0.15) is 11.1 Å². The van der Waals surface area contributed by atoms with Crippen molar-refractivity contribution in [3.63, 3.8) is 0 Å². The van der Waals surface area contributed by atoms with Crippen LogP contribution in [0.4, 0.5) is 5.69 Å². The quantitative estimate of drug-likeness (QED) is 0.771. The van der Waals surface area contributed by atoms with Gasteiger partial charge in [0.25, 0.3) is 0 Å². The average Bonchev–Trinajstić information content (AvgIpc) is 2.92. The first kappa shape index (κ1) is 14.2. The van der Waals surface area contributed by atoms with Crippen molar-refractivity contribution in [2.45, 2.75) is 13.3 Å². The van der Waals surface area contributed by atoms with Crippen molar-refractivity contribution < 1.29 is 9.53 Å². The second-order valence-electron chi connectivity index (χ2n) is 5.24. The molecular weight excluding hydrogens is 276 g/mol. The minimum atomic E-state index is -0.0614. The van der Waals surface area contributed by atoms with E-state index < -0.39 is 0 Å². The highest BCUT2D eigenvalue weighted by atomic mass is 16.5. The molecule has 2 N–H and O–H groups in total. The van der Waals surface area contributed by atoms with Crippen molar-refractivity contribution in [1.82, 2.24) is 4.98 Å². The molecule has 22 heavy (non-hydrogen) atoms. The third kappa shape index (κ3) is 2.68. The predicted molar refractivity (Wildman–Crippen MR) is 88.4 cm³/mol. The Morgan fingerprint density at radius 2 is 2.00 bits per heavy atom. The minimum Gasteiger partial charge on any atom is -0.495 e. The molecule has 1 aromatic heterocycles. The lowest BCUT2D eigenvalue weighted by molar-refractivity contribution is -0.115. The van der Waals surface area contributed by atoms with Crippen LogP contribution in [-0.2, 0) is 11.2 Å². The maximum atomic E-state index is 12.3. The van der Waals surface area contributed by atoms with Gasteiger partial charge in [-0.25, -0.2) is 0 Å². The number of para-hydroxylation sites is 2. The highest BCUT2D eigenvalue weighted by molar-refractivity contribution is 5.97. The number of fused-ring (bicyclic) bond motifs is 1. The van der Waals surface area contributed by atoms with Gasteiger partial charge in [-0.1, -0.05) is 24.3 Å². The first-order valence-electron chi connectivity index (χ1n) is 7.17. The lowest BCUT2D eigenvalue weighted by atomic mass is 10.1. The summed E-state index contributed by atoms with van der Waals surface area (Å²) in [4.78, 5) is 15.5. The van der Waals surface area contributed by atoms with E-state index in [2.05, 4.69) is 23.3 Å². The van der Waals surface area contributed by atoms with Crippen LogP contribution in [-0.4, -0.2) is 18.0 Å². The zero-order chi connectivity index (χ0) is 15.5. The second kappa shape index (κ2) is 5.93. The third-order valence-corrected chi connectivity index (χ3v) is 3.73. The normalized spacial score (nSPS) is 10.6. The van der Waals surface area contributed by atoms with E-state index in [9.17, 15) is 4.79 Å². The lowest BCUT2D eigenvalue weighted by Crippen LogP contribution is -2.14. The van der Waals surface area contributed by atoms with Gasteiger partial charge >= 0.3 is 0 Å². The van der Waals surface area contributed by atoms with Gasteiger partial charge in [-0.05, 0) is 36.2 Å². The van der Waals surface area contributed by atoms with E-state index in [1.165, 1.54) is 5.56 Å². The lowest BCUT2D eigenvalue weighted by Gasteiger charge is -2.09. The molecule has 0 radical (unpaired) electrons. The van der Waals surface area contributed by atoms with Crippen molar-refractivity contribution in [3.05, 3.63) is 59.8 Å². The molecule has 0 saturated heterocycles. The molecular formula is C18H18N2O2. The number of methoxy groups -OCH3 is 1. The van der Waals surface area contributed by atoms with E-state index in [0.29, 0.717) is 17.9 Å². The SMILES string of the molecule is COc1ccccc1NC(=O)Cc1c[nH]c2cccc(C)c12. The maximum absolute atomic E-state index is 12.3. The fraction of sp³-hybridized carbons (Fsp3) is 0.167. The van der Waals surface area contributed by atoms with Crippen molar-refractivity contribution in [2.24, 2.45) is 0 Å². The Bertz CT molecular complexity index is 821. The first-order valence-corrected chi connectivity index (χ1v) is 7.17. The van der Waals surface area contributed by atoms with Crippen molar-refractivity contribution in [3.8, 4) is 5.75 Å². The molecule has 0 fully saturated rings. The Morgan fingerprint density at radius 1 is 1.18 bits per heavy atom. The summed E-state index contributed by atoms with van der Waals surface area (Å²) in [6.45, 7) is 2.05. The number of ether oxygens (including phenoxy) is 1. The number of carbonyl (C=O) groups excluding carboxylic acids is 1. The zero-order valence-electron chi connectivity index (χ0n) is 12.6. The summed E-state index contributed by atoms with van der Waals surface area (Å²) in [5, 5.41) is 4.03. The van der Waals surface area contributed by atoms with Gasteiger partial charge in [-0.2, -0.15) is 0 Å². The van der Waals surface area contributed by atoms with Crippen LogP contribution in [0.25, 0.3) is 10.9 Å². The Balaban J connectivity index is 1.82. The van der Waals surface area contributed by atoms with Gasteiger partial charge in [-0.3, -0.25) is 4.79 Å². The number of hydrogen-bond donors (Lipinski definition) is 2. The van der Waals surface area contributed by atoms with Crippen LogP contribution >= 0.6 is 0 Å². The average molecular weight is 294 g/mol. The smallest absolute Gasteiger partial charge is 0.228 e. The maximum Gasteiger partial charge on any atom is 0.228 e. The Morgan fingerprint density at radius 3 is 2.82 bits per heavy atom. The summed E-state index contributed by atoms with van der Waals surface area (Å²) in [5.41, 5.74) is 3.91. The number of anilines is 1. The van der Waals surface area contributed by atoms with Crippen LogP contribution in [0.5, 0.6) is 5.75 Å². The molecule has 0 spiro atoms. The van der Waals surface area contributed by atoms with Crippen molar-refractivity contribution >= 4 is 22.5 Å². The summed E-state index contributed by atoms with van der Waals surface area (Å²) in [5.74, 6) is 0.597. The molecule has 112 valence electrons. The van der Waals surface area contributed by atoms with Gasteiger partial charge in [-0.15, -0.1) is 0 Å². The molecule has 0 bridgehead atoms. The molecule has 0 saturated carbocycles. The third-order valence-electron chi connectivity index (χ3n) is 3.73. The summed E-state index contributed by atoms with van der Waals surface area (Å²) in [7, 11) is 1.59. The minimum absolute atomic E-state index is 0.0614. The van der Waals surface area contributed by atoms with Gasteiger partial charge in [0.2, 0.25) is 5.91 Å². The van der Waals surface area contributed by atoms with Crippen LogP contribution in [0.15, 0.2) is 48.7 Å². The Kier molecular flexibility index (Phi) is 3.83. The number of hydrogen-bond acceptors (Lipinski definition) is 2. The highest BCUT2D eigenvalue weighted by Gasteiger charge is 2.12. The van der Waals surface area contributed by atoms with E-state index in [0.717, 1.165) is 16.5 Å². The summed E-state index contributed by atoms with van der Waals surface area (Å²) in [6.07, 6.45) is 2.22. The van der Waals surface area contributed by atoms with Gasteiger partial charge < -0.3 is 15.0 Å². The first-order chi connectivity index (χ1) is 10.7. The van der Waals surface area contributed by atoms with E-state index in [1.807, 2.05) is 42.6 Å². The molecule has 4 heteroatoms. The number of rotatable bonds is 4. The van der Waals surface area contributed by atoms with E-state index in [4.69, 9.17) is 4.74 Å². The largest absolute Gasteiger partial charge is 0.495 e. The number of aromatic amines is 1. The number of amides is 1. The molecule has 4 nitrogen and oxygen atoms in total. The molecule has 3 aromatic rings. The predicted octanol–water partition coefficient (Wildman–Crippen LogP) is 3.67. The van der Waals surface area contributed by atoms with E-state index >= 15 is 0 Å². The number of aromatic nitrogens is 1.